The molecule has 96 valence electrons. The second-order valence-electron chi connectivity index (χ2n) is 4.21. The van der Waals surface area contributed by atoms with Crippen molar-refractivity contribution in [3.63, 3.8) is 0 Å². The first-order valence-corrected chi connectivity index (χ1v) is 5.83. The number of hydrogen-bond acceptors (Lipinski definition) is 3. The highest BCUT2D eigenvalue weighted by Gasteiger charge is 2.27. The zero-order valence-electron chi connectivity index (χ0n) is 10.2. The summed E-state index contributed by atoms with van der Waals surface area (Å²) in [5.74, 6) is -0.711. The zero-order chi connectivity index (χ0) is 12.8. The monoisotopic (exact) mass is 241 g/mol. The molecule has 6 nitrogen and oxygen atoms in total. The average molecular weight is 241 g/mol. The van der Waals surface area contributed by atoms with Gasteiger partial charge in [0, 0.05) is 14.0 Å². The van der Waals surface area contributed by atoms with Crippen LogP contribution in [0.1, 0.15) is 32.6 Å². The lowest BCUT2D eigenvalue weighted by atomic mass is 10.00. The molecule has 0 aliphatic carbocycles. The number of amides is 3. The third-order valence-corrected chi connectivity index (χ3v) is 2.81. The summed E-state index contributed by atoms with van der Waals surface area (Å²) in [5.41, 5.74) is 0. The predicted octanol–water partition coefficient (Wildman–Crippen LogP) is -0.704. The SMILES string of the molecule is CNC(=O)[C@H]1CCCC[C@@H](NC(C)=O)C(=O)N1. The van der Waals surface area contributed by atoms with Gasteiger partial charge in [0.05, 0.1) is 0 Å². The average Bonchev–Trinajstić information content (AvgIpc) is 2.27. The lowest BCUT2D eigenvalue weighted by Crippen LogP contribution is -2.54. The first-order valence-electron chi connectivity index (χ1n) is 5.83. The Bertz CT molecular complexity index is 317. The molecule has 0 bridgehead atoms. The molecule has 1 rings (SSSR count). The van der Waals surface area contributed by atoms with E-state index in [4.69, 9.17) is 0 Å². The van der Waals surface area contributed by atoms with Gasteiger partial charge in [-0.2, -0.15) is 0 Å². The Morgan fingerprint density at radius 1 is 1.29 bits per heavy atom. The number of carbonyl (C=O) groups is 3. The number of carbonyl (C=O) groups excluding carboxylic acids is 3. The molecule has 1 aliphatic rings. The van der Waals surface area contributed by atoms with E-state index in [1.165, 1.54) is 6.92 Å². The Morgan fingerprint density at radius 3 is 2.53 bits per heavy atom. The molecule has 3 amide bonds. The minimum absolute atomic E-state index is 0.193. The van der Waals surface area contributed by atoms with Crippen molar-refractivity contribution in [1.29, 1.82) is 0 Å². The Kier molecular flexibility index (Phi) is 4.93. The Balaban J connectivity index is 2.65. The molecule has 1 aliphatic heterocycles. The third-order valence-electron chi connectivity index (χ3n) is 2.81. The molecule has 0 aromatic rings. The molecule has 0 spiro atoms. The molecule has 17 heavy (non-hydrogen) atoms. The first kappa shape index (κ1) is 13.5. The topological polar surface area (TPSA) is 87.3 Å². The van der Waals surface area contributed by atoms with Gasteiger partial charge in [0.2, 0.25) is 17.7 Å². The third kappa shape index (κ3) is 4.05. The quantitative estimate of drug-likeness (QED) is 0.597. The summed E-state index contributed by atoms with van der Waals surface area (Å²) in [4.78, 5) is 34.3. The van der Waals surface area contributed by atoms with Crippen LogP contribution in [0.15, 0.2) is 0 Å². The fraction of sp³-hybridized carbons (Fsp3) is 0.727. The molecule has 3 N–H and O–H groups in total. The van der Waals surface area contributed by atoms with Crippen LogP contribution in [-0.2, 0) is 14.4 Å². The number of rotatable bonds is 2. The van der Waals surface area contributed by atoms with Crippen molar-refractivity contribution in [2.75, 3.05) is 7.05 Å². The van der Waals surface area contributed by atoms with Crippen LogP contribution >= 0.6 is 0 Å². The van der Waals surface area contributed by atoms with Gasteiger partial charge >= 0.3 is 0 Å². The van der Waals surface area contributed by atoms with Gasteiger partial charge in [-0.25, -0.2) is 0 Å². The van der Waals surface area contributed by atoms with Crippen LogP contribution in [0.2, 0.25) is 0 Å². The van der Waals surface area contributed by atoms with Crippen LogP contribution in [0.4, 0.5) is 0 Å². The summed E-state index contributed by atoms with van der Waals surface area (Å²) < 4.78 is 0. The van der Waals surface area contributed by atoms with Crippen molar-refractivity contribution >= 4 is 17.7 Å². The first-order chi connectivity index (χ1) is 8.04. The molecule has 1 heterocycles. The van der Waals surface area contributed by atoms with E-state index in [-0.39, 0.29) is 17.7 Å². The van der Waals surface area contributed by atoms with Crippen molar-refractivity contribution < 1.29 is 14.4 Å². The normalized spacial score (nSPS) is 25.2. The Morgan fingerprint density at radius 2 is 1.94 bits per heavy atom. The maximum atomic E-state index is 11.8. The molecule has 0 saturated carbocycles. The van der Waals surface area contributed by atoms with E-state index in [1.54, 1.807) is 7.05 Å². The van der Waals surface area contributed by atoms with Crippen LogP contribution < -0.4 is 16.0 Å². The van der Waals surface area contributed by atoms with E-state index >= 15 is 0 Å². The molecule has 2 atom stereocenters. The second kappa shape index (κ2) is 6.22. The smallest absolute Gasteiger partial charge is 0.243 e. The van der Waals surface area contributed by atoms with Gasteiger partial charge in [0.15, 0.2) is 0 Å². The summed E-state index contributed by atoms with van der Waals surface area (Å²) in [6.07, 6.45) is 2.93. The summed E-state index contributed by atoms with van der Waals surface area (Å²) in [6, 6.07) is -1.02. The van der Waals surface area contributed by atoms with E-state index in [1.807, 2.05) is 0 Å². The van der Waals surface area contributed by atoms with E-state index in [0.717, 1.165) is 12.8 Å². The van der Waals surface area contributed by atoms with Crippen LogP contribution in [0, 0.1) is 0 Å². The highest BCUT2D eigenvalue weighted by Crippen LogP contribution is 2.11. The second-order valence-corrected chi connectivity index (χ2v) is 4.21. The largest absolute Gasteiger partial charge is 0.357 e. The van der Waals surface area contributed by atoms with E-state index in [9.17, 15) is 14.4 Å². The van der Waals surface area contributed by atoms with Crippen molar-refractivity contribution in [3.05, 3.63) is 0 Å². The van der Waals surface area contributed by atoms with Gasteiger partial charge < -0.3 is 16.0 Å². The van der Waals surface area contributed by atoms with Gasteiger partial charge in [0.1, 0.15) is 12.1 Å². The van der Waals surface area contributed by atoms with Gasteiger partial charge in [-0.3, -0.25) is 14.4 Å². The lowest BCUT2D eigenvalue weighted by Gasteiger charge is -2.25. The summed E-state index contributed by atoms with van der Waals surface area (Å²) in [6.45, 7) is 1.38. The molecule has 0 unspecified atom stereocenters. The molecule has 0 radical (unpaired) electrons. The summed E-state index contributed by atoms with van der Waals surface area (Å²) >= 11 is 0. The van der Waals surface area contributed by atoms with Crippen LogP contribution in [0.25, 0.3) is 0 Å². The van der Waals surface area contributed by atoms with Crippen molar-refractivity contribution in [2.45, 2.75) is 44.7 Å². The van der Waals surface area contributed by atoms with Gasteiger partial charge in [0.25, 0.3) is 0 Å². The number of nitrogens with one attached hydrogen (secondary N) is 3. The minimum atomic E-state index is -0.528. The van der Waals surface area contributed by atoms with Crippen LogP contribution in [-0.4, -0.2) is 36.9 Å². The highest BCUT2D eigenvalue weighted by atomic mass is 16.2. The van der Waals surface area contributed by atoms with Crippen molar-refractivity contribution in [1.82, 2.24) is 16.0 Å². The zero-order valence-corrected chi connectivity index (χ0v) is 10.2. The Labute approximate surface area is 101 Å². The van der Waals surface area contributed by atoms with Crippen molar-refractivity contribution in [3.8, 4) is 0 Å². The fourth-order valence-corrected chi connectivity index (χ4v) is 1.93. The van der Waals surface area contributed by atoms with Gasteiger partial charge in [-0.1, -0.05) is 12.8 Å². The number of hydrogen-bond donors (Lipinski definition) is 3. The van der Waals surface area contributed by atoms with E-state index < -0.39 is 12.1 Å². The standard InChI is InChI=1S/C11H19N3O3/c1-7(15)13-9-6-4-3-5-8(10(16)12-2)14-11(9)17/h8-9H,3-6H2,1-2H3,(H,12,16)(H,13,15)(H,14,17)/t8-,9-/m1/s1. The van der Waals surface area contributed by atoms with Gasteiger partial charge in [-0.05, 0) is 12.8 Å². The molecule has 1 fully saturated rings. The van der Waals surface area contributed by atoms with E-state index in [2.05, 4.69) is 16.0 Å². The highest BCUT2D eigenvalue weighted by molar-refractivity contribution is 5.91. The molecule has 0 aromatic carbocycles. The van der Waals surface area contributed by atoms with Crippen LogP contribution in [0.3, 0.4) is 0 Å². The molecule has 0 aromatic heterocycles. The predicted molar refractivity (Wildman–Crippen MR) is 62.1 cm³/mol. The van der Waals surface area contributed by atoms with Crippen molar-refractivity contribution in [2.24, 2.45) is 0 Å². The lowest BCUT2D eigenvalue weighted by molar-refractivity contribution is -0.132. The maximum absolute atomic E-state index is 11.8. The minimum Gasteiger partial charge on any atom is -0.357 e. The maximum Gasteiger partial charge on any atom is 0.243 e. The summed E-state index contributed by atoms with van der Waals surface area (Å²) in [5, 5.41) is 7.77. The Hall–Kier alpha value is -1.59. The fourth-order valence-electron chi connectivity index (χ4n) is 1.93. The molecule has 1 saturated heterocycles. The molecule has 6 heteroatoms. The number of likely N-dealkylation sites (N-methyl/N-ethyl adjacent to an activating group) is 1. The van der Waals surface area contributed by atoms with Gasteiger partial charge in [-0.15, -0.1) is 0 Å². The van der Waals surface area contributed by atoms with Crippen LogP contribution in [0.5, 0.6) is 0 Å². The summed E-state index contributed by atoms with van der Waals surface area (Å²) in [7, 11) is 1.54. The van der Waals surface area contributed by atoms with E-state index in [0.29, 0.717) is 12.8 Å². The molecular weight excluding hydrogens is 222 g/mol. The molecular formula is C11H19N3O3.